The summed E-state index contributed by atoms with van der Waals surface area (Å²) < 4.78 is 5.92. The molecule has 2 N–H and O–H groups in total. The number of halogens is 2. The summed E-state index contributed by atoms with van der Waals surface area (Å²) in [6.07, 6.45) is 2.49. The first-order valence-electron chi connectivity index (χ1n) is 10.3. The van der Waals surface area contributed by atoms with Crippen molar-refractivity contribution in [3.8, 4) is 5.75 Å². The first-order chi connectivity index (χ1) is 16.3. The minimum atomic E-state index is -0.779. The van der Waals surface area contributed by atoms with Crippen molar-refractivity contribution >= 4 is 34.8 Å². The molecule has 2 aromatic carbocycles. The summed E-state index contributed by atoms with van der Waals surface area (Å²) in [5.41, 5.74) is 0.643. The third kappa shape index (κ3) is 4.42. The lowest BCUT2D eigenvalue weighted by Crippen LogP contribution is -2.29. The predicted molar refractivity (Wildman–Crippen MR) is 129 cm³/mol. The van der Waals surface area contributed by atoms with E-state index in [0.29, 0.717) is 10.0 Å². The lowest BCUT2D eigenvalue weighted by Gasteiger charge is -2.28. The molecule has 0 aliphatic rings. The third-order valence-electron chi connectivity index (χ3n) is 5.59. The molecule has 0 saturated heterocycles. The Morgan fingerprint density at radius 2 is 1.68 bits per heavy atom. The number of nitrogens with zero attached hydrogens (tertiary/aromatic N) is 3. The number of hydrogen-bond acceptors (Lipinski definition) is 6. The monoisotopic (exact) mass is 498 g/mol. The van der Waals surface area contributed by atoms with E-state index in [1.54, 1.807) is 12.1 Å². The molecule has 0 aliphatic carbocycles. The van der Waals surface area contributed by atoms with Crippen LogP contribution in [0.2, 0.25) is 10.0 Å². The predicted octanol–water partition coefficient (Wildman–Crippen LogP) is 4.97. The Morgan fingerprint density at radius 3 is 2.21 bits per heavy atom. The molecule has 0 saturated carbocycles. The molecule has 4 rings (SSSR count). The minimum absolute atomic E-state index is 0.256. The summed E-state index contributed by atoms with van der Waals surface area (Å²) in [6.45, 7) is 1.86. The van der Waals surface area contributed by atoms with Gasteiger partial charge in [-0.15, -0.1) is 0 Å². The van der Waals surface area contributed by atoms with Gasteiger partial charge in [-0.1, -0.05) is 71.7 Å². The maximum atomic E-state index is 12.9. The molecule has 2 aromatic heterocycles. The average molecular weight is 499 g/mol. The van der Waals surface area contributed by atoms with Gasteiger partial charge in [-0.05, 0) is 23.3 Å². The van der Waals surface area contributed by atoms with E-state index in [0.717, 1.165) is 11.1 Å². The zero-order valence-electron chi connectivity index (χ0n) is 18.2. The summed E-state index contributed by atoms with van der Waals surface area (Å²) in [6, 6.07) is 14.7. The molecule has 0 fully saturated rings. The Hall–Kier alpha value is -3.62. The zero-order valence-corrected chi connectivity index (χ0v) is 19.7. The zero-order chi connectivity index (χ0) is 24.4. The van der Waals surface area contributed by atoms with Crippen LogP contribution in [0.15, 0.2) is 70.3 Å². The van der Waals surface area contributed by atoms with Gasteiger partial charge in [-0.2, -0.15) is 0 Å². The maximum absolute atomic E-state index is 12.9. The molecule has 1 amide bonds. The quantitative estimate of drug-likeness (QED) is 0.388. The highest BCUT2D eigenvalue weighted by Crippen LogP contribution is 2.42. The van der Waals surface area contributed by atoms with E-state index in [2.05, 4.69) is 15.5 Å². The summed E-state index contributed by atoms with van der Waals surface area (Å²) in [4.78, 5) is 30.1. The third-order valence-corrected chi connectivity index (χ3v) is 6.28. The highest BCUT2D eigenvalue weighted by atomic mass is 35.5. The molecule has 4 aromatic rings. The Morgan fingerprint density at radius 1 is 1.09 bits per heavy atom. The van der Waals surface area contributed by atoms with Crippen LogP contribution in [0.5, 0.6) is 5.75 Å². The van der Waals surface area contributed by atoms with Crippen LogP contribution in [0.4, 0.5) is 5.69 Å². The van der Waals surface area contributed by atoms with Crippen LogP contribution in [-0.2, 0) is 7.05 Å². The first kappa shape index (κ1) is 23.5. The summed E-state index contributed by atoms with van der Waals surface area (Å²) in [5.74, 6) is -2.15. The molecule has 0 spiro atoms. The van der Waals surface area contributed by atoms with Crippen molar-refractivity contribution in [2.24, 2.45) is 7.05 Å². The largest absolute Gasteiger partial charge is 0.501 e. The highest BCUT2D eigenvalue weighted by molar-refractivity contribution is 6.32. The SMILES string of the molecule is C[C@H](c1nc(C(=O)Nc2cnoc2)c(O)c(=O)n1C)C(c1ccccc1Cl)c1ccccc1Cl. The number of aromatic nitrogens is 3. The van der Waals surface area contributed by atoms with E-state index >= 15 is 0 Å². The van der Waals surface area contributed by atoms with Crippen LogP contribution in [0, 0.1) is 0 Å². The number of anilines is 1. The second-order valence-corrected chi connectivity index (χ2v) is 8.52. The van der Waals surface area contributed by atoms with Crippen molar-refractivity contribution in [2.45, 2.75) is 18.8 Å². The number of nitrogens with one attached hydrogen (secondary N) is 1. The van der Waals surface area contributed by atoms with Crippen molar-refractivity contribution in [3.05, 3.63) is 104 Å². The molecule has 0 unspecified atom stereocenters. The van der Waals surface area contributed by atoms with Crippen LogP contribution < -0.4 is 10.9 Å². The van der Waals surface area contributed by atoms with Gasteiger partial charge in [0.15, 0.2) is 5.69 Å². The Bertz CT molecular complexity index is 1360. The number of carbonyl (C=O) groups excluding carboxylic acids is 1. The van der Waals surface area contributed by atoms with Crippen molar-refractivity contribution in [1.82, 2.24) is 14.7 Å². The molecule has 0 bridgehead atoms. The van der Waals surface area contributed by atoms with Gasteiger partial charge in [0, 0.05) is 28.9 Å². The van der Waals surface area contributed by atoms with E-state index in [1.807, 2.05) is 43.3 Å². The van der Waals surface area contributed by atoms with E-state index in [1.165, 1.54) is 24.1 Å². The van der Waals surface area contributed by atoms with Crippen molar-refractivity contribution in [2.75, 3.05) is 5.32 Å². The molecule has 8 nitrogen and oxygen atoms in total. The van der Waals surface area contributed by atoms with Gasteiger partial charge >= 0.3 is 0 Å². The van der Waals surface area contributed by atoms with E-state index in [-0.39, 0.29) is 11.5 Å². The van der Waals surface area contributed by atoms with E-state index < -0.39 is 34.7 Å². The highest BCUT2D eigenvalue weighted by Gasteiger charge is 2.31. The fourth-order valence-corrected chi connectivity index (χ4v) is 4.45. The Kier molecular flexibility index (Phi) is 6.72. The minimum Gasteiger partial charge on any atom is -0.501 e. The van der Waals surface area contributed by atoms with Gasteiger partial charge in [0.2, 0.25) is 5.75 Å². The molecule has 1 atom stereocenters. The number of amides is 1. The van der Waals surface area contributed by atoms with Gasteiger partial charge in [-0.3, -0.25) is 14.2 Å². The summed E-state index contributed by atoms with van der Waals surface area (Å²) in [7, 11) is 1.48. The second kappa shape index (κ2) is 9.70. The Labute approximate surface area is 204 Å². The first-order valence-corrected chi connectivity index (χ1v) is 11.0. The average Bonchev–Trinajstić information content (AvgIpc) is 3.33. The van der Waals surface area contributed by atoms with Gasteiger partial charge in [-0.25, -0.2) is 4.98 Å². The van der Waals surface area contributed by atoms with Gasteiger partial charge in [0.05, 0.1) is 6.20 Å². The van der Waals surface area contributed by atoms with Crippen LogP contribution in [0.1, 0.15) is 46.2 Å². The molecule has 174 valence electrons. The standard InChI is InChI=1S/C24H20Cl2N4O4/c1-13(19(15-7-3-5-9-17(15)25)16-8-4-6-10-18(16)26)22-29-20(21(31)24(33)30(22)2)23(32)28-14-11-27-34-12-14/h3-13,19,31H,1-2H3,(H,28,32)/t13-/m0/s1. The molecule has 0 radical (unpaired) electrons. The van der Waals surface area contributed by atoms with E-state index in [4.69, 9.17) is 27.7 Å². The second-order valence-electron chi connectivity index (χ2n) is 7.71. The molecular formula is C24H20Cl2N4O4. The normalized spacial score (nSPS) is 12.0. The van der Waals surface area contributed by atoms with Crippen LogP contribution in [-0.4, -0.2) is 25.7 Å². The van der Waals surface area contributed by atoms with E-state index in [9.17, 15) is 14.7 Å². The van der Waals surface area contributed by atoms with Gasteiger partial charge in [0.1, 0.15) is 17.8 Å². The number of hydrogen-bond donors (Lipinski definition) is 2. The topological polar surface area (TPSA) is 110 Å². The fourth-order valence-electron chi connectivity index (χ4n) is 3.94. The summed E-state index contributed by atoms with van der Waals surface area (Å²) >= 11 is 13.1. The number of aromatic hydroxyl groups is 1. The van der Waals surface area contributed by atoms with Crippen molar-refractivity contribution < 1.29 is 14.4 Å². The lowest BCUT2D eigenvalue weighted by atomic mass is 9.81. The van der Waals surface area contributed by atoms with Crippen LogP contribution in [0.3, 0.4) is 0 Å². The Balaban J connectivity index is 1.86. The number of rotatable bonds is 6. The maximum Gasteiger partial charge on any atom is 0.296 e. The van der Waals surface area contributed by atoms with Crippen molar-refractivity contribution in [3.63, 3.8) is 0 Å². The van der Waals surface area contributed by atoms with Crippen LogP contribution >= 0.6 is 23.2 Å². The molecule has 34 heavy (non-hydrogen) atoms. The lowest BCUT2D eigenvalue weighted by molar-refractivity contribution is 0.101. The summed E-state index contributed by atoms with van der Waals surface area (Å²) in [5, 5.41) is 17.5. The van der Waals surface area contributed by atoms with Gasteiger partial charge in [0.25, 0.3) is 11.5 Å². The van der Waals surface area contributed by atoms with Crippen molar-refractivity contribution in [1.29, 1.82) is 0 Å². The number of benzene rings is 2. The molecular weight excluding hydrogens is 479 g/mol. The fraction of sp³-hybridized carbons (Fsp3) is 0.167. The molecule has 10 heteroatoms. The molecule has 2 heterocycles. The smallest absolute Gasteiger partial charge is 0.296 e. The molecule has 0 aliphatic heterocycles. The van der Waals surface area contributed by atoms with Crippen LogP contribution in [0.25, 0.3) is 0 Å². The van der Waals surface area contributed by atoms with Gasteiger partial charge < -0.3 is 14.9 Å². The number of carbonyl (C=O) groups is 1.